The molecule has 1 atom stereocenters. The van der Waals surface area contributed by atoms with Crippen molar-refractivity contribution in [3.05, 3.63) is 70.7 Å². The Morgan fingerprint density at radius 1 is 1.06 bits per heavy atom. The molecule has 4 rings (SSSR count). The fourth-order valence-corrected chi connectivity index (χ4v) is 6.05. The van der Waals surface area contributed by atoms with Crippen molar-refractivity contribution in [3.8, 4) is 0 Å². The molecule has 2 aromatic carbocycles. The van der Waals surface area contributed by atoms with E-state index in [4.69, 9.17) is 16.7 Å². The average Bonchev–Trinajstić information content (AvgIpc) is 3.24. The zero-order valence-electron chi connectivity index (χ0n) is 17.3. The molecule has 2 aromatic rings. The predicted molar refractivity (Wildman–Crippen MR) is 129 cm³/mol. The molecule has 0 aromatic heterocycles. The summed E-state index contributed by atoms with van der Waals surface area (Å²) in [6.45, 7) is 1.58. The lowest BCUT2D eigenvalue weighted by molar-refractivity contribution is 0.347. The molecule has 0 saturated carbocycles. The third-order valence-electron chi connectivity index (χ3n) is 5.49. The van der Waals surface area contributed by atoms with Gasteiger partial charge in [-0.1, -0.05) is 72.2 Å². The standard InChI is InChI=1S/C22H25ClN4O2S2/c1-30-22(25-31(28,29)26-14-6-3-7-15-26)27-16-20(17-8-4-2-5-9-17)21(24-27)18-10-12-19(23)13-11-18/h2,4-5,8-13,20H,3,6-7,14-16H2,1H3/b25-22-. The number of piperidine rings is 1. The second-order valence-electron chi connectivity index (χ2n) is 7.55. The first kappa shape index (κ1) is 22.3. The molecule has 0 radical (unpaired) electrons. The number of benzene rings is 2. The Hall–Kier alpha value is -1.87. The molecular formula is C22H25ClN4O2S2. The van der Waals surface area contributed by atoms with Crippen LogP contribution in [-0.2, 0) is 10.2 Å². The van der Waals surface area contributed by atoms with Gasteiger partial charge in [0, 0.05) is 24.0 Å². The molecule has 9 heteroatoms. The summed E-state index contributed by atoms with van der Waals surface area (Å²) in [7, 11) is -3.73. The maximum Gasteiger partial charge on any atom is 0.324 e. The van der Waals surface area contributed by atoms with Crippen molar-refractivity contribution in [2.45, 2.75) is 25.2 Å². The van der Waals surface area contributed by atoms with E-state index >= 15 is 0 Å². The van der Waals surface area contributed by atoms with Crippen LogP contribution in [0, 0.1) is 0 Å². The maximum absolute atomic E-state index is 12.9. The van der Waals surface area contributed by atoms with Gasteiger partial charge in [-0.15, -0.1) is 4.40 Å². The van der Waals surface area contributed by atoms with Crippen LogP contribution in [0.25, 0.3) is 0 Å². The van der Waals surface area contributed by atoms with Gasteiger partial charge in [-0.3, -0.25) is 0 Å². The van der Waals surface area contributed by atoms with Gasteiger partial charge in [0.25, 0.3) is 0 Å². The minimum atomic E-state index is -3.73. The van der Waals surface area contributed by atoms with E-state index < -0.39 is 10.2 Å². The van der Waals surface area contributed by atoms with Gasteiger partial charge in [0.1, 0.15) is 0 Å². The molecule has 31 heavy (non-hydrogen) atoms. The molecule has 0 aliphatic carbocycles. The number of hydrogen-bond donors (Lipinski definition) is 0. The van der Waals surface area contributed by atoms with E-state index in [0.29, 0.717) is 29.8 Å². The zero-order valence-corrected chi connectivity index (χ0v) is 19.7. The lowest BCUT2D eigenvalue weighted by Crippen LogP contribution is -2.36. The van der Waals surface area contributed by atoms with Crippen molar-refractivity contribution < 1.29 is 8.42 Å². The van der Waals surface area contributed by atoms with Crippen molar-refractivity contribution >= 4 is 44.5 Å². The molecule has 1 saturated heterocycles. The third kappa shape index (κ3) is 5.14. The lowest BCUT2D eigenvalue weighted by atomic mass is 9.91. The Kier molecular flexibility index (Phi) is 7.01. The normalized spacial score (nSPS) is 20.7. The fraction of sp³-hybridized carbons (Fsp3) is 0.364. The van der Waals surface area contributed by atoms with Crippen molar-refractivity contribution in [2.75, 3.05) is 25.9 Å². The summed E-state index contributed by atoms with van der Waals surface area (Å²) in [5, 5.41) is 7.58. The van der Waals surface area contributed by atoms with Crippen LogP contribution in [0.1, 0.15) is 36.3 Å². The van der Waals surface area contributed by atoms with Gasteiger partial charge in [0.05, 0.1) is 12.3 Å². The van der Waals surface area contributed by atoms with Crippen LogP contribution in [0.3, 0.4) is 0 Å². The van der Waals surface area contributed by atoms with Crippen LogP contribution in [0.2, 0.25) is 5.02 Å². The van der Waals surface area contributed by atoms with Crippen molar-refractivity contribution in [2.24, 2.45) is 9.50 Å². The maximum atomic E-state index is 12.9. The Bertz CT molecular complexity index is 1070. The van der Waals surface area contributed by atoms with Gasteiger partial charge in [0.2, 0.25) is 0 Å². The Morgan fingerprint density at radius 3 is 2.39 bits per heavy atom. The Balaban J connectivity index is 1.69. The summed E-state index contributed by atoms with van der Waals surface area (Å²) in [6.07, 6.45) is 4.65. The number of hydrazone groups is 1. The number of rotatable bonds is 4. The Morgan fingerprint density at radius 2 is 1.74 bits per heavy atom. The number of hydrogen-bond acceptors (Lipinski definition) is 4. The van der Waals surface area contributed by atoms with Crippen LogP contribution in [0.15, 0.2) is 64.1 Å². The monoisotopic (exact) mass is 476 g/mol. The fourth-order valence-electron chi connectivity index (χ4n) is 3.89. The third-order valence-corrected chi connectivity index (χ3v) is 7.95. The quantitative estimate of drug-likeness (QED) is 0.478. The molecule has 2 aliphatic rings. The highest BCUT2D eigenvalue weighted by Crippen LogP contribution is 2.31. The SMILES string of the molecule is CS/C(=N\S(=O)(=O)N1CCCCC1)N1CC(c2ccccc2)C(c2ccc(Cl)cc2)=N1. The molecule has 0 N–H and O–H groups in total. The van der Waals surface area contributed by atoms with Gasteiger partial charge in [-0.05, 0) is 42.4 Å². The molecule has 1 unspecified atom stereocenters. The minimum absolute atomic E-state index is 0.00239. The summed E-state index contributed by atoms with van der Waals surface area (Å²) in [4.78, 5) is 0. The van der Waals surface area contributed by atoms with E-state index in [1.807, 2.05) is 48.7 Å². The van der Waals surface area contributed by atoms with Crippen LogP contribution < -0.4 is 0 Å². The van der Waals surface area contributed by atoms with E-state index in [-0.39, 0.29) is 5.92 Å². The minimum Gasteiger partial charge on any atom is -0.240 e. The molecule has 0 spiro atoms. The summed E-state index contributed by atoms with van der Waals surface area (Å²) in [5.41, 5.74) is 2.96. The van der Waals surface area contributed by atoms with E-state index in [2.05, 4.69) is 16.5 Å². The van der Waals surface area contributed by atoms with Gasteiger partial charge in [0.15, 0.2) is 5.17 Å². The summed E-state index contributed by atoms with van der Waals surface area (Å²) in [6, 6.07) is 17.7. The van der Waals surface area contributed by atoms with Crippen molar-refractivity contribution in [1.82, 2.24) is 9.31 Å². The van der Waals surface area contributed by atoms with E-state index in [1.54, 1.807) is 5.01 Å². The smallest absolute Gasteiger partial charge is 0.240 e. The highest BCUT2D eigenvalue weighted by molar-refractivity contribution is 8.13. The van der Waals surface area contributed by atoms with Gasteiger partial charge in [-0.25, -0.2) is 5.01 Å². The van der Waals surface area contributed by atoms with Crippen molar-refractivity contribution in [3.63, 3.8) is 0 Å². The first-order chi connectivity index (χ1) is 15.0. The zero-order chi connectivity index (χ0) is 21.8. The molecule has 164 valence electrons. The van der Waals surface area contributed by atoms with Gasteiger partial charge >= 0.3 is 10.2 Å². The van der Waals surface area contributed by atoms with Crippen LogP contribution >= 0.6 is 23.4 Å². The molecule has 0 amide bonds. The van der Waals surface area contributed by atoms with Crippen LogP contribution in [-0.4, -0.2) is 54.5 Å². The largest absolute Gasteiger partial charge is 0.324 e. The lowest BCUT2D eigenvalue weighted by Gasteiger charge is -2.24. The van der Waals surface area contributed by atoms with Crippen LogP contribution in [0.4, 0.5) is 0 Å². The molecule has 2 aliphatic heterocycles. The van der Waals surface area contributed by atoms with E-state index in [0.717, 1.165) is 36.1 Å². The summed E-state index contributed by atoms with van der Waals surface area (Å²) < 4.78 is 31.4. The van der Waals surface area contributed by atoms with Crippen molar-refractivity contribution in [1.29, 1.82) is 0 Å². The number of thioether (sulfide) groups is 1. The Labute approximate surface area is 193 Å². The van der Waals surface area contributed by atoms with Gasteiger partial charge < -0.3 is 0 Å². The first-order valence-corrected chi connectivity index (χ1v) is 13.3. The molecule has 0 bridgehead atoms. The highest BCUT2D eigenvalue weighted by atomic mass is 35.5. The molecular weight excluding hydrogens is 452 g/mol. The highest BCUT2D eigenvalue weighted by Gasteiger charge is 2.33. The predicted octanol–water partition coefficient (Wildman–Crippen LogP) is 4.59. The van der Waals surface area contributed by atoms with E-state index in [9.17, 15) is 8.42 Å². The average molecular weight is 477 g/mol. The second kappa shape index (κ2) is 9.73. The number of halogens is 1. The number of nitrogens with zero attached hydrogens (tertiary/aromatic N) is 4. The first-order valence-electron chi connectivity index (χ1n) is 10.3. The summed E-state index contributed by atoms with van der Waals surface area (Å²) in [5.74, 6) is -0.00239. The number of amidine groups is 1. The molecule has 1 fully saturated rings. The topological polar surface area (TPSA) is 65.3 Å². The summed E-state index contributed by atoms with van der Waals surface area (Å²) >= 11 is 7.37. The second-order valence-corrected chi connectivity index (χ2v) is 10.4. The van der Waals surface area contributed by atoms with Gasteiger partial charge in [-0.2, -0.15) is 17.8 Å². The van der Waals surface area contributed by atoms with E-state index in [1.165, 1.54) is 16.1 Å². The van der Waals surface area contributed by atoms with Crippen LogP contribution in [0.5, 0.6) is 0 Å². The molecule has 2 heterocycles. The molecule has 6 nitrogen and oxygen atoms in total.